The van der Waals surface area contributed by atoms with Crippen LogP contribution in [-0.4, -0.2) is 21.3 Å². The Morgan fingerprint density at radius 3 is 2.48 bits per heavy atom. The van der Waals surface area contributed by atoms with Gasteiger partial charge in [0.15, 0.2) is 0 Å². The van der Waals surface area contributed by atoms with Crippen molar-refractivity contribution in [2.75, 3.05) is 6.61 Å². The zero-order chi connectivity index (χ0) is 15.4. The summed E-state index contributed by atoms with van der Waals surface area (Å²) in [6.07, 6.45) is 2.11. The lowest BCUT2D eigenvalue weighted by Gasteiger charge is -2.30. The molecule has 2 unspecified atom stereocenters. The van der Waals surface area contributed by atoms with E-state index in [2.05, 4.69) is 44.8 Å². The van der Waals surface area contributed by atoms with Crippen molar-refractivity contribution in [1.82, 2.24) is 9.13 Å². The van der Waals surface area contributed by atoms with Gasteiger partial charge in [0.1, 0.15) is 0 Å². The third-order valence-electron chi connectivity index (χ3n) is 4.45. The van der Waals surface area contributed by atoms with Crippen LogP contribution in [-0.2, 0) is 18.8 Å². The summed E-state index contributed by atoms with van der Waals surface area (Å²) in [7, 11) is 3.60. The largest absolute Gasteiger partial charge is 0.374 e. The molecule has 2 atom stereocenters. The van der Waals surface area contributed by atoms with Gasteiger partial charge in [0.05, 0.1) is 21.5 Å². The van der Waals surface area contributed by atoms with Crippen molar-refractivity contribution in [3.8, 4) is 0 Å². The summed E-state index contributed by atoms with van der Waals surface area (Å²) in [5.74, 6) is 0. The van der Waals surface area contributed by atoms with Crippen molar-refractivity contribution in [3.05, 3.63) is 32.7 Å². The van der Waals surface area contributed by atoms with Crippen molar-refractivity contribution in [2.24, 2.45) is 14.1 Å². The highest BCUT2D eigenvalue weighted by atomic mass is 79.9. The van der Waals surface area contributed by atoms with E-state index in [-0.39, 0.29) is 16.1 Å². The maximum Gasteiger partial charge on any atom is 0.328 e. The molecule has 0 spiro atoms. The zero-order valence-corrected chi connectivity index (χ0v) is 15.5. The first-order chi connectivity index (χ1) is 9.85. The van der Waals surface area contributed by atoms with Crippen molar-refractivity contribution in [2.45, 2.75) is 30.2 Å². The molecule has 1 saturated heterocycles. The highest BCUT2D eigenvalue weighted by molar-refractivity contribution is 9.11. The van der Waals surface area contributed by atoms with Crippen LogP contribution >= 0.6 is 31.9 Å². The molecule has 2 aromatic rings. The molecule has 0 radical (unpaired) electrons. The van der Waals surface area contributed by atoms with Crippen LogP contribution < -0.4 is 5.69 Å². The number of ether oxygens (including phenoxy) is 1. The number of hydrogen-bond donors (Lipinski definition) is 0. The lowest BCUT2D eigenvalue weighted by molar-refractivity contribution is 0.0196. The number of halogens is 2. The molecule has 114 valence electrons. The van der Waals surface area contributed by atoms with Gasteiger partial charge in [-0.05, 0) is 37.5 Å². The average Bonchev–Trinajstić information content (AvgIpc) is 2.98. The van der Waals surface area contributed by atoms with Crippen LogP contribution in [0.2, 0.25) is 0 Å². The quantitative estimate of drug-likeness (QED) is 0.699. The van der Waals surface area contributed by atoms with Crippen molar-refractivity contribution in [1.29, 1.82) is 0 Å². The molecule has 4 nitrogen and oxygen atoms in total. The van der Waals surface area contributed by atoms with Gasteiger partial charge in [0.2, 0.25) is 0 Å². The first-order valence-corrected chi connectivity index (χ1v) is 8.69. The van der Waals surface area contributed by atoms with Gasteiger partial charge in [0, 0.05) is 25.2 Å². The van der Waals surface area contributed by atoms with E-state index >= 15 is 0 Å². The summed E-state index contributed by atoms with van der Waals surface area (Å²) in [6.45, 7) is 2.95. The van der Waals surface area contributed by atoms with Crippen LogP contribution in [0.1, 0.15) is 30.2 Å². The van der Waals surface area contributed by atoms with Crippen LogP contribution in [0.4, 0.5) is 0 Å². The summed E-state index contributed by atoms with van der Waals surface area (Å²) in [5.41, 5.74) is 2.77. The van der Waals surface area contributed by atoms with E-state index in [1.807, 2.05) is 6.07 Å². The van der Waals surface area contributed by atoms with Crippen molar-refractivity contribution in [3.63, 3.8) is 0 Å². The Hall–Kier alpha value is -0.590. The predicted octanol–water partition coefficient (Wildman–Crippen LogP) is 3.64. The Morgan fingerprint density at radius 1 is 1.29 bits per heavy atom. The van der Waals surface area contributed by atoms with Gasteiger partial charge in [0.25, 0.3) is 0 Å². The molecule has 0 N–H and O–H groups in total. The van der Waals surface area contributed by atoms with Gasteiger partial charge in [-0.25, -0.2) is 4.79 Å². The molecule has 1 aromatic carbocycles. The summed E-state index contributed by atoms with van der Waals surface area (Å²) in [5, 5.41) is 0. The summed E-state index contributed by atoms with van der Waals surface area (Å²) in [4.78, 5) is 12.2. The number of aromatic nitrogens is 2. The molecule has 6 heteroatoms. The number of nitrogens with zero attached hydrogens (tertiary/aromatic N) is 2. The standard InChI is InChI=1S/C15H18Br2N2O2/c1-15(5-4-6-21-15)13(17)9-7-11-12(8-10(9)16)19(3)14(20)18(11)2/h7-8,13H,4-6H2,1-3H3. The number of fused-ring (bicyclic) bond motifs is 1. The lowest BCUT2D eigenvalue weighted by Crippen LogP contribution is -2.28. The topological polar surface area (TPSA) is 36.2 Å². The zero-order valence-electron chi connectivity index (χ0n) is 12.3. The molecular weight excluding hydrogens is 400 g/mol. The number of benzene rings is 1. The van der Waals surface area contributed by atoms with Crippen molar-refractivity contribution >= 4 is 42.9 Å². The highest BCUT2D eigenvalue weighted by Gasteiger charge is 2.38. The van der Waals surface area contributed by atoms with Gasteiger partial charge in [-0.15, -0.1) is 0 Å². The molecule has 0 saturated carbocycles. The number of alkyl halides is 1. The Morgan fingerprint density at radius 2 is 1.90 bits per heavy atom. The second kappa shape index (κ2) is 5.25. The average molecular weight is 418 g/mol. The molecule has 1 aliphatic rings. The number of rotatable bonds is 2. The molecule has 0 amide bonds. The van der Waals surface area contributed by atoms with Crippen LogP contribution in [0.15, 0.2) is 21.4 Å². The van der Waals surface area contributed by atoms with E-state index in [1.165, 1.54) is 0 Å². The number of hydrogen-bond acceptors (Lipinski definition) is 2. The van der Waals surface area contributed by atoms with Crippen LogP contribution in [0.3, 0.4) is 0 Å². The summed E-state index contributed by atoms with van der Waals surface area (Å²) < 4.78 is 10.3. The van der Waals surface area contributed by atoms with E-state index in [1.54, 1.807) is 23.2 Å². The molecule has 3 rings (SSSR count). The van der Waals surface area contributed by atoms with Gasteiger partial charge in [-0.3, -0.25) is 9.13 Å². The number of aryl methyl sites for hydroxylation is 2. The molecular formula is C15H18Br2N2O2. The van der Waals surface area contributed by atoms with E-state index in [4.69, 9.17) is 4.74 Å². The maximum absolute atomic E-state index is 12.1. The fourth-order valence-corrected chi connectivity index (χ4v) is 4.67. The third-order valence-corrected chi connectivity index (χ3v) is 6.60. The smallest absolute Gasteiger partial charge is 0.328 e. The second-order valence-electron chi connectivity index (χ2n) is 5.89. The van der Waals surface area contributed by atoms with Crippen LogP contribution in [0.25, 0.3) is 11.0 Å². The van der Waals surface area contributed by atoms with E-state index in [0.29, 0.717) is 0 Å². The molecule has 21 heavy (non-hydrogen) atoms. The molecule has 2 heterocycles. The third kappa shape index (κ3) is 2.32. The minimum Gasteiger partial charge on any atom is -0.374 e. The first-order valence-electron chi connectivity index (χ1n) is 6.98. The first kappa shape index (κ1) is 15.3. The van der Waals surface area contributed by atoms with Crippen LogP contribution in [0, 0.1) is 0 Å². The fourth-order valence-electron chi connectivity index (χ4n) is 3.06. The summed E-state index contributed by atoms with van der Waals surface area (Å²) >= 11 is 7.45. The fraction of sp³-hybridized carbons (Fsp3) is 0.533. The normalized spacial score (nSPS) is 23.9. The highest BCUT2D eigenvalue weighted by Crippen LogP contribution is 2.45. The molecule has 1 aromatic heterocycles. The monoisotopic (exact) mass is 416 g/mol. The molecule has 1 aliphatic heterocycles. The van der Waals surface area contributed by atoms with Gasteiger partial charge >= 0.3 is 5.69 Å². The maximum atomic E-state index is 12.1. The Labute approximate surface area is 140 Å². The van der Waals surface area contributed by atoms with Crippen molar-refractivity contribution < 1.29 is 4.74 Å². The van der Waals surface area contributed by atoms with Gasteiger partial charge < -0.3 is 4.74 Å². The molecule has 0 aliphatic carbocycles. The lowest BCUT2D eigenvalue weighted by atomic mass is 9.93. The van der Waals surface area contributed by atoms with E-state index in [9.17, 15) is 4.79 Å². The second-order valence-corrected chi connectivity index (χ2v) is 7.66. The molecule has 0 bridgehead atoms. The minimum absolute atomic E-state index is 0.0106. The molecule has 1 fully saturated rings. The number of imidazole rings is 1. The Bertz CT molecular complexity index is 757. The van der Waals surface area contributed by atoms with Crippen LogP contribution in [0.5, 0.6) is 0 Å². The Balaban J connectivity index is 2.17. The van der Waals surface area contributed by atoms with E-state index in [0.717, 1.165) is 40.5 Å². The van der Waals surface area contributed by atoms with Gasteiger partial charge in [-0.1, -0.05) is 31.9 Å². The summed E-state index contributed by atoms with van der Waals surface area (Å²) in [6, 6.07) is 4.09. The Kier molecular flexibility index (Phi) is 3.83. The SMILES string of the molecule is Cn1c(=O)n(C)c2cc(C(Br)C3(C)CCCO3)c(Br)cc21. The minimum atomic E-state index is -0.205. The van der Waals surface area contributed by atoms with Gasteiger partial charge in [-0.2, -0.15) is 0 Å². The van der Waals surface area contributed by atoms with E-state index < -0.39 is 0 Å². The predicted molar refractivity (Wildman–Crippen MR) is 91.1 cm³/mol.